The van der Waals surface area contributed by atoms with Gasteiger partial charge in [-0.25, -0.2) is 4.79 Å². The van der Waals surface area contributed by atoms with Crippen molar-refractivity contribution in [3.05, 3.63) is 22.8 Å². The Labute approximate surface area is 90.3 Å². The summed E-state index contributed by atoms with van der Waals surface area (Å²) in [5.74, 6) is -0.852. The molecule has 0 aliphatic carbocycles. The summed E-state index contributed by atoms with van der Waals surface area (Å²) in [6, 6.07) is 0. The van der Waals surface area contributed by atoms with Crippen molar-refractivity contribution in [2.75, 3.05) is 0 Å². The molecule has 0 unspecified atom stereocenters. The average molecular weight is 217 g/mol. The summed E-state index contributed by atoms with van der Waals surface area (Å²) in [6.45, 7) is 3.82. The largest absolute Gasteiger partial charge is 0.478 e. The number of hydrogen-bond acceptors (Lipinski definition) is 1. The smallest absolute Gasteiger partial charge is 0.331 e. The predicted molar refractivity (Wildman–Crippen MR) is 59.5 cm³/mol. The molecular weight excluding hydrogens is 200 g/mol. The Bertz CT molecular complexity index is 238. The molecular formula is C11H17ClO2. The van der Waals surface area contributed by atoms with Crippen LogP contribution in [0.15, 0.2) is 22.8 Å². The molecule has 0 spiro atoms. The lowest BCUT2D eigenvalue weighted by atomic mass is 10.1. The molecule has 80 valence electrons. The first-order valence-corrected chi connectivity index (χ1v) is 5.22. The number of halogens is 1. The molecule has 0 fully saturated rings. The lowest BCUT2D eigenvalue weighted by Crippen LogP contribution is -2.00. The molecule has 0 bridgehead atoms. The zero-order chi connectivity index (χ0) is 11.0. The molecule has 0 aliphatic rings. The van der Waals surface area contributed by atoms with Gasteiger partial charge in [0.15, 0.2) is 0 Å². The average Bonchev–Trinajstić information content (AvgIpc) is 2.10. The van der Waals surface area contributed by atoms with Crippen molar-refractivity contribution in [3.63, 3.8) is 0 Å². The van der Waals surface area contributed by atoms with Gasteiger partial charge < -0.3 is 5.11 Å². The molecule has 0 saturated heterocycles. The molecule has 0 saturated carbocycles. The van der Waals surface area contributed by atoms with Crippen LogP contribution in [0.2, 0.25) is 0 Å². The van der Waals surface area contributed by atoms with E-state index in [0.29, 0.717) is 17.0 Å². The third-order valence-corrected chi connectivity index (χ3v) is 1.96. The normalized spacial score (nSPS) is 13.1. The van der Waals surface area contributed by atoms with E-state index < -0.39 is 5.97 Å². The first kappa shape index (κ1) is 13.2. The van der Waals surface area contributed by atoms with E-state index in [9.17, 15) is 4.79 Å². The van der Waals surface area contributed by atoms with E-state index in [-0.39, 0.29) is 0 Å². The van der Waals surface area contributed by atoms with Crippen LogP contribution in [-0.2, 0) is 4.79 Å². The molecule has 14 heavy (non-hydrogen) atoms. The second kappa shape index (κ2) is 7.63. The van der Waals surface area contributed by atoms with Crippen LogP contribution in [0, 0.1) is 0 Å². The van der Waals surface area contributed by atoms with Crippen molar-refractivity contribution in [2.45, 2.75) is 39.5 Å². The maximum atomic E-state index is 10.8. The third-order valence-electron chi connectivity index (χ3n) is 1.84. The molecule has 0 aromatic heterocycles. The fraction of sp³-hybridized carbons (Fsp3) is 0.545. The summed E-state index contributed by atoms with van der Waals surface area (Å²) in [7, 11) is 0. The third kappa shape index (κ3) is 6.72. The van der Waals surface area contributed by atoms with Crippen molar-refractivity contribution in [2.24, 2.45) is 0 Å². The SMILES string of the molecule is CCCCCC(=CC=C(C)Cl)C(=O)O. The van der Waals surface area contributed by atoms with Crippen LogP contribution in [0.1, 0.15) is 39.5 Å². The van der Waals surface area contributed by atoms with E-state index in [2.05, 4.69) is 6.92 Å². The highest BCUT2D eigenvalue weighted by atomic mass is 35.5. The van der Waals surface area contributed by atoms with Gasteiger partial charge in [0.2, 0.25) is 0 Å². The first-order valence-electron chi connectivity index (χ1n) is 4.84. The maximum absolute atomic E-state index is 10.8. The summed E-state index contributed by atoms with van der Waals surface area (Å²) in [5, 5.41) is 9.44. The molecule has 2 nitrogen and oxygen atoms in total. The minimum Gasteiger partial charge on any atom is -0.478 e. The van der Waals surface area contributed by atoms with Crippen LogP contribution in [0.3, 0.4) is 0 Å². The second-order valence-corrected chi connectivity index (χ2v) is 3.80. The molecule has 0 heterocycles. The van der Waals surface area contributed by atoms with E-state index in [1.807, 2.05) is 0 Å². The lowest BCUT2D eigenvalue weighted by Gasteiger charge is -2.00. The fourth-order valence-electron chi connectivity index (χ4n) is 1.04. The number of allylic oxidation sites excluding steroid dienone is 3. The topological polar surface area (TPSA) is 37.3 Å². The number of hydrogen-bond donors (Lipinski definition) is 1. The molecule has 0 aromatic carbocycles. The van der Waals surface area contributed by atoms with Gasteiger partial charge in [-0.05, 0) is 25.8 Å². The Kier molecular flexibility index (Phi) is 7.21. The van der Waals surface area contributed by atoms with E-state index in [1.165, 1.54) is 0 Å². The first-order chi connectivity index (χ1) is 6.57. The standard InChI is InChI=1S/C11H17ClO2/c1-3-4-5-6-10(11(13)14)8-7-9(2)12/h7-8H,3-6H2,1-2H3,(H,13,14). The number of unbranched alkanes of at least 4 members (excludes halogenated alkanes) is 2. The minimum atomic E-state index is -0.852. The minimum absolute atomic E-state index is 0.429. The monoisotopic (exact) mass is 216 g/mol. The quantitative estimate of drug-likeness (QED) is 0.418. The highest BCUT2D eigenvalue weighted by Crippen LogP contribution is 2.10. The number of aliphatic carboxylic acids is 1. The molecule has 0 atom stereocenters. The highest BCUT2D eigenvalue weighted by molar-refractivity contribution is 6.29. The number of carboxylic acid groups (broad SMARTS) is 1. The molecule has 0 amide bonds. The zero-order valence-electron chi connectivity index (χ0n) is 8.72. The van der Waals surface area contributed by atoms with Gasteiger partial charge in [0.25, 0.3) is 0 Å². The van der Waals surface area contributed by atoms with Gasteiger partial charge in [-0.1, -0.05) is 37.4 Å². The van der Waals surface area contributed by atoms with Crippen LogP contribution >= 0.6 is 11.6 Å². The van der Waals surface area contributed by atoms with E-state index >= 15 is 0 Å². The van der Waals surface area contributed by atoms with Crippen LogP contribution < -0.4 is 0 Å². The summed E-state index contributed by atoms with van der Waals surface area (Å²) in [4.78, 5) is 10.8. The Morgan fingerprint density at radius 3 is 2.43 bits per heavy atom. The van der Waals surface area contributed by atoms with Crippen molar-refractivity contribution >= 4 is 17.6 Å². The van der Waals surface area contributed by atoms with Crippen molar-refractivity contribution in [1.82, 2.24) is 0 Å². The Morgan fingerprint density at radius 1 is 1.36 bits per heavy atom. The molecule has 0 aliphatic heterocycles. The van der Waals surface area contributed by atoms with Gasteiger partial charge in [0, 0.05) is 10.6 Å². The Balaban J connectivity index is 4.23. The highest BCUT2D eigenvalue weighted by Gasteiger charge is 2.04. The van der Waals surface area contributed by atoms with Crippen LogP contribution in [0.25, 0.3) is 0 Å². The summed E-state index contributed by atoms with van der Waals surface area (Å²) < 4.78 is 0. The predicted octanol–water partition coefficient (Wildman–Crippen LogP) is 3.72. The van der Waals surface area contributed by atoms with E-state index in [4.69, 9.17) is 16.7 Å². The number of rotatable bonds is 6. The van der Waals surface area contributed by atoms with Gasteiger partial charge in [0.1, 0.15) is 0 Å². The molecule has 3 heteroatoms. The molecule has 0 radical (unpaired) electrons. The maximum Gasteiger partial charge on any atom is 0.331 e. The van der Waals surface area contributed by atoms with Gasteiger partial charge in [-0.2, -0.15) is 0 Å². The fourth-order valence-corrected chi connectivity index (χ4v) is 1.11. The van der Waals surface area contributed by atoms with Crippen molar-refractivity contribution in [3.8, 4) is 0 Å². The zero-order valence-corrected chi connectivity index (χ0v) is 9.47. The van der Waals surface area contributed by atoms with Crippen LogP contribution in [-0.4, -0.2) is 11.1 Å². The summed E-state index contributed by atoms with van der Waals surface area (Å²) in [6.07, 6.45) is 6.90. The lowest BCUT2D eigenvalue weighted by molar-refractivity contribution is -0.132. The van der Waals surface area contributed by atoms with Crippen molar-refractivity contribution in [1.29, 1.82) is 0 Å². The summed E-state index contributed by atoms with van der Waals surface area (Å²) >= 11 is 5.61. The van der Waals surface area contributed by atoms with Crippen LogP contribution in [0.5, 0.6) is 0 Å². The van der Waals surface area contributed by atoms with Crippen molar-refractivity contribution < 1.29 is 9.90 Å². The molecule has 0 aromatic rings. The number of carbonyl (C=O) groups is 1. The second-order valence-electron chi connectivity index (χ2n) is 3.21. The van der Waals surface area contributed by atoms with Gasteiger partial charge in [0.05, 0.1) is 0 Å². The Hall–Kier alpha value is -0.760. The molecule has 0 rings (SSSR count). The number of carboxylic acids is 1. The summed E-state index contributed by atoms with van der Waals surface area (Å²) in [5.41, 5.74) is 0.429. The Morgan fingerprint density at radius 2 is 2.00 bits per heavy atom. The van der Waals surface area contributed by atoms with Gasteiger partial charge in [-0.15, -0.1) is 0 Å². The van der Waals surface area contributed by atoms with Gasteiger partial charge in [-0.3, -0.25) is 0 Å². The van der Waals surface area contributed by atoms with E-state index in [1.54, 1.807) is 19.1 Å². The van der Waals surface area contributed by atoms with E-state index in [0.717, 1.165) is 19.3 Å². The van der Waals surface area contributed by atoms with Crippen LogP contribution in [0.4, 0.5) is 0 Å². The molecule has 1 N–H and O–H groups in total. The van der Waals surface area contributed by atoms with Gasteiger partial charge >= 0.3 is 5.97 Å².